The van der Waals surface area contributed by atoms with Gasteiger partial charge in [-0.05, 0) is 17.7 Å². The van der Waals surface area contributed by atoms with E-state index in [0.717, 1.165) is 32.9 Å². The van der Waals surface area contributed by atoms with Gasteiger partial charge in [-0.3, -0.25) is 0 Å². The van der Waals surface area contributed by atoms with Crippen molar-refractivity contribution < 1.29 is 14.9 Å². The number of hydrogen-bond acceptors (Lipinski definition) is 4. The summed E-state index contributed by atoms with van der Waals surface area (Å²) >= 11 is 0. The van der Waals surface area contributed by atoms with Gasteiger partial charge in [0.05, 0.1) is 11.0 Å². The van der Waals surface area contributed by atoms with E-state index in [9.17, 15) is 10.2 Å². The highest BCUT2D eigenvalue weighted by Crippen LogP contribution is 2.52. The number of aliphatic hydroxyl groups is 2. The fourth-order valence-corrected chi connectivity index (χ4v) is 3.42. The standard InChI is InChI=1S/C17H13NO3/c19-14-10-6-5-9-7-8-3-1-2-4-11(8)18-13(9)12(10)16-17(21-16)15(14)20/h1-7,14-17,19-20H/t14-,15+,16-,17+/m0/s1. The van der Waals surface area contributed by atoms with Crippen molar-refractivity contribution in [3.05, 3.63) is 53.6 Å². The first kappa shape index (κ1) is 11.6. The van der Waals surface area contributed by atoms with Crippen molar-refractivity contribution in [3.63, 3.8) is 0 Å². The number of fused-ring (bicyclic) bond motifs is 6. The van der Waals surface area contributed by atoms with Gasteiger partial charge < -0.3 is 14.9 Å². The minimum absolute atomic E-state index is 0.143. The van der Waals surface area contributed by atoms with Gasteiger partial charge >= 0.3 is 0 Å². The van der Waals surface area contributed by atoms with E-state index in [1.165, 1.54) is 0 Å². The predicted octanol–water partition coefficient (Wildman–Crippen LogP) is 2.24. The molecule has 0 saturated carbocycles. The molecule has 5 rings (SSSR count). The first-order valence-electron chi connectivity index (χ1n) is 7.08. The molecule has 2 aliphatic rings. The maximum absolute atomic E-state index is 10.2. The highest BCUT2D eigenvalue weighted by atomic mass is 16.6. The zero-order valence-corrected chi connectivity index (χ0v) is 11.1. The second-order valence-electron chi connectivity index (χ2n) is 5.78. The van der Waals surface area contributed by atoms with Gasteiger partial charge in [-0.1, -0.05) is 30.3 Å². The normalized spacial score (nSPS) is 30.2. The van der Waals surface area contributed by atoms with Crippen LogP contribution in [0.15, 0.2) is 42.5 Å². The fourth-order valence-electron chi connectivity index (χ4n) is 3.42. The molecule has 4 heteroatoms. The Morgan fingerprint density at radius 3 is 2.76 bits per heavy atom. The molecule has 4 nitrogen and oxygen atoms in total. The summed E-state index contributed by atoms with van der Waals surface area (Å²) in [5.74, 6) is 0. The van der Waals surface area contributed by atoms with Crippen LogP contribution in [-0.4, -0.2) is 27.4 Å². The quantitative estimate of drug-likeness (QED) is 0.489. The number of nitrogens with zero attached hydrogens (tertiary/aromatic N) is 1. The molecule has 1 aliphatic heterocycles. The van der Waals surface area contributed by atoms with Gasteiger partial charge in [0.2, 0.25) is 0 Å². The summed E-state index contributed by atoms with van der Waals surface area (Å²) in [6.07, 6.45) is -2.19. The summed E-state index contributed by atoms with van der Waals surface area (Å²) < 4.78 is 5.56. The SMILES string of the molecule is O[C@H]1[C@H]2O[C@H]2c2c(ccc3cc4ccccc4nc23)[C@@H]1O. The molecule has 3 aromatic rings. The van der Waals surface area contributed by atoms with Gasteiger partial charge in [0.1, 0.15) is 24.4 Å². The minimum atomic E-state index is -0.901. The van der Waals surface area contributed by atoms with Crippen molar-refractivity contribution in [2.24, 2.45) is 0 Å². The Kier molecular flexibility index (Phi) is 2.10. The predicted molar refractivity (Wildman–Crippen MR) is 77.8 cm³/mol. The Balaban J connectivity index is 1.87. The van der Waals surface area contributed by atoms with Crippen LogP contribution in [-0.2, 0) is 4.74 Å². The van der Waals surface area contributed by atoms with Crippen LogP contribution in [0.4, 0.5) is 0 Å². The molecule has 2 heterocycles. The summed E-state index contributed by atoms with van der Waals surface area (Å²) in [6, 6.07) is 13.9. The molecular formula is C17H13NO3. The Hall–Kier alpha value is -2.01. The van der Waals surface area contributed by atoms with Crippen molar-refractivity contribution in [1.29, 1.82) is 0 Å². The lowest BCUT2D eigenvalue weighted by molar-refractivity contribution is 0.0000942. The van der Waals surface area contributed by atoms with Crippen LogP contribution >= 0.6 is 0 Å². The van der Waals surface area contributed by atoms with Crippen molar-refractivity contribution in [2.75, 3.05) is 0 Å². The van der Waals surface area contributed by atoms with E-state index in [1.54, 1.807) is 0 Å². The monoisotopic (exact) mass is 279 g/mol. The lowest BCUT2D eigenvalue weighted by atomic mass is 9.85. The molecule has 0 unspecified atom stereocenters. The van der Waals surface area contributed by atoms with E-state index in [2.05, 4.69) is 6.07 Å². The largest absolute Gasteiger partial charge is 0.387 e. The number of aromatic nitrogens is 1. The van der Waals surface area contributed by atoms with Gasteiger partial charge in [-0.25, -0.2) is 4.98 Å². The number of benzene rings is 2. The van der Waals surface area contributed by atoms with E-state index < -0.39 is 12.2 Å². The van der Waals surface area contributed by atoms with E-state index in [1.807, 2.05) is 36.4 Å². The molecular weight excluding hydrogens is 266 g/mol. The zero-order valence-electron chi connectivity index (χ0n) is 11.1. The number of hydrogen-bond donors (Lipinski definition) is 2. The van der Waals surface area contributed by atoms with Crippen molar-refractivity contribution in [2.45, 2.75) is 24.4 Å². The number of ether oxygens (including phenoxy) is 1. The molecule has 1 aliphatic carbocycles. The first-order chi connectivity index (χ1) is 10.2. The summed E-state index contributed by atoms with van der Waals surface area (Å²) in [4.78, 5) is 4.75. The van der Waals surface area contributed by atoms with Crippen LogP contribution in [0, 0.1) is 0 Å². The third kappa shape index (κ3) is 1.47. The zero-order chi connectivity index (χ0) is 14.1. The molecule has 1 aromatic heterocycles. The molecule has 0 radical (unpaired) electrons. The van der Waals surface area contributed by atoms with E-state index in [-0.39, 0.29) is 12.2 Å². The molecule has 1 saturated heterocycles. The third-order valence-electron chi connectivity index (χ3n) is 4.55. The summed E-state index contributed by atoms with van der Waals surface area (Å²) in [5.41, 5.74) is 3.46. The molecule has 4 atom stereocenters. The smallest absolute Gasteiger partial charge is 0.118 e. The Morgan fingerprint density at radius 1 is 1.00 bits per heavy atom. The molecule has 21 heavy (non-hydrogen) atoms. The van der Waals surface area contributed by atoms with E-state index in [4.69, 9.17) is 9.72 Å². The lowest BCUT2D eigenvalue weighted by Crippen LogP contribution is -2.29. The van der Waals surface area contributed by atoms with Crippen molar-refractivity contribution >= 4 is 21.8 Å². The maximum Gasteiger partial charge on any atom is 0.118 e. The molecule has 2 N–H and O–H groups in total. The maximum atomic E-state index is 10.2. The van der Waals surface area contributed by atoms with E-state index >= 15 is 0 Å². The molecule has 2 aromatic carbocycles. The Bertz CT molecular complexity index is 892. The van der Waals surface area contributed by atoms with Crippen LogP contribution in [0.1, 0.15) is 23.3 Å². The second-order valence-corrected chi connectivity index (χ2v) is 5.78. The number of para-hydroxylation sites is 1. The third-order valence-corrected chi connectivity index (χ3v) is 4.55. The lowest BCUT2D eigenvalue weighted by Gasteiger charge is -2.24. The highest BCUT2D eigenvalue weighted by Gasteiger charge is 2.54. The van der Waals surface area contributed by atoms with Crippen LogP contribution < -0.4 is 0 Å². The van der Waals surface area contributed by atoms with Crippen LogP contribution in [0.2, 0.25) is 0 Å². The summed E-state index contributed by atoms with van der Waals surface area (Å²) in [7, 11) is 0. The summed E-state index contributed by atoms with van der Waals surface area (Å²) in [5, 5.41) is 22.3. The van der Waals surface area contributed by atoms with Gasteiger partial charge in [-0.15, -0.1) is 0 Å². The summed E-state index contributed by atoms with van der Waals surface area (Å²) in [6.45, 7) is 0. The fraction of sp³-hybridized carbons (Fsp3) is 0.235. The number of aliphatic hydroxyl groups excluding tert-OH is 2. The van der Waals surface area contributed by atoms with Crippen molar-refractivity contribution in [1.82, 2.24) is 4.98 Å². The number of epoxide rings is 1. The van der Waals surface area contributed by atoms with Crippen LogP contribution in [0.5, 0.6) is 0 Å². The first-order valence-corrected chi connectivity index (χ1v) is 7.08. The molecule has 0 amide bonds. The number of rotatable bonds is 0. The minimum Gasteiger partial charge on any atom is -0.387 e. The van der Waals surface area contributed by atoms with Crippen LogP contribution in [0.25, 0.3) is 21.8 Å². The Labute approximate surface area is 120 Å². The highest BCUT2D eigenvalue weighted by molar-refractivity contribution is 5.95. The second kappa shape index (κ2) is 3.80. The van der Waals surface area contributed by atoms with Gasteiger partial charge in [0, 0.05) is 16.3 Å². The molecule has 0 bridgehead atoms. The molecule has 0 spiro atoms. The average molecular weight is 279 g/mol. The molecule has 1 fully saturated rings. The van der Waals surface area contributed by atoms with Crippen LogP contribution in [0.3, 0.4) is 0 Å². The Morgan fingerprint density at radius 2 is 1.86 bits per heavy atom. The molecule has 104 valence electrons. The van der Waals surface area contributed by atoms with Gasteiger partial charge in [0.15, 0.2) is 0 Å². The number of pyridine rings is 1. The van der Waals surface area contributed by atoms with E-state index in [0.29, 0.717) is 0 Å². The van der Waals surface area contributed by atoms with Gasteiger partial charge in [-0.2, -0.15) is 0 Å². The van der Waals surface area contributed by atoms with Gasteiger partial charge in [0.25, 0.3) is 0 Å². The average Bonchev–Trinajstić information content (AvgIpc) is 3.30. The topological polar surface area (TPSA) is 65.9 Å². The van der Waals surface area contributed by atoms with Crippen molar-refractivity contribution in [3.8, 4) is 0 Å².